The van der Waals surface area contributed by atoms with Crippen molar-refractivity contribution >= 4 is 17.7 Å². The molecule has 2 aromatic rings. The third-order valence-corrected chi connectivity index (χ3v) is 3.62. The van der Waals surface area contributed by atoms with Crippen molar-refractivity contribution < 1.29 is 4.79 Å². The van der Waals surface area contributed by atoms with Gasteiger partial charge in [-0.3, -0.25) is 4.79 Å². The Morgan fingerprint density at radius 1 is 1.33 bits per heavy atom. The summed E-state index contributed by atoms with van der Waals surface area (Å²) in [4.78, 5) is 24.3. The summed E-state index contributed by atoms with van der Waals surface area (Å²) in [5, 5.41) is 3.55. The first-order valence-corrected chi connectivity index (χ1v) is 7.79. The van der Waals surface area contributed by atoms with Crippen LogP contribution in [-0.2, 0) is 11.3 Å². The van der Waals surface area contributed by atoms with E-state index in [9.17, 15) is 4.79 Å². The number of carbonyl (C=O) groups is 1. The summed E-state index contributed by atoms with van der Waals surface area (Å²) in [5.74, 6) is 0.349. The number of hydrogen-bond acceptors (Lipinski definition) is 5. The fourth-order valence-electron chi connectivity index (χ4n) is 1.85. The first kappa shape index (κ1) is 15.5. The van der Waals surface area contributed by atoms with Crippen LogP contribution in [0.3, 0.4) is 0 Å². The number of aromatic nitrogens is 4. The van der Waals surface area contributed by atoms with Crippen molar-refractivity contribution in [1.82, 2.24) is 24.8 Å². The van der Waals surface area contributed by atoms with Gasteiger partial charge in [0, 0.05) is 36.9 Å². The highest BCUT2D eigenvalue weighted by Gasteiger charge is 2.05. The second-order valence-corrected chi connectivity index (χ2v) is 5.67. The molecule has 0 aromatic carbocycles. The summed E-state index contributed by atoms with van der Waals surface area (Å²) in [6.45, 7) is 5.36. The number of hydrogen-bond donors (Lipinski definition) is 1. The number of rotatable bonds is 7. The van der Waals surface area contributed by atoms with Gasteiger partial charge in [0.1, 0.15) is 0 Å². The lowest BCUT2D eigenvalue weighted by Gasteiger charge is -2.06. The number of imidazole rings is 1. The molecule has 7 heteroatoms. The van der Waals surface area contributed by atoms with Crippen molar-refractivity contribution in [3.8, 4) is 0 Å². The monoisotopic (exact) mass is 305 g/mol. The van der Waals surface area contributed by atoms with Crippen LogP contribution in [0.5, 0.6) is 0 Å². The smallest absolute Gasteiger partial charge is 0.230 e. The van der Waals surface area contributed by atoms with E-state index in [0.29, 0.717) is 17.5 Å². The van der Waals surface area contributed by atoms with Crippen LogP contribution in [0.1, 0.15) is 17.8 Å². The Labute approximate surface area is 128 Å². The molecular formula is C14H19N5OS. The topological polar surface area (TPSA) is 72.7 Å². The number of aryl methyl sites for hydroxylation is 3. The molecule has 1 N–H and O–H groups in total. The van der Waals surface area contributed by atoms with Crippen molar-refractivity contribution in [2.45, 2.75) is 32.0 Å². The molecule has 2 heterocycles. The fourth-order valence-corrected chi connectivity index (χ4v) is 2.63. The molecule has 2 aromatic heterocycles. The van der Waals surface area contributed by atoms with Gasteiger partial charge in [-0.25, -0.2) is 15.0 Å². The summed E-state index contributed by atoms with van der Waals surface area (Å²) in [6.07, 6.45) is 6.32. The van der Waals surface area contributed by atoms with Gasteiger partial charge in [0.15, 0.2) is 5.16 Å². The highest BCUT2D eigenvalue weighted by atomic mass is 32.2. The molecule has 0 saturated heterocycles. The molecule has 0 unspecified atom stereocenters. The molecule has 21 heavy (non-hydrogen) atoms. The average molecular weight is 305 g/mol. The SMILES string of the molecule is Cc1cc(C)nc(SCC(=O)NCCCn2ccnc2)n1. The van der Waals surface area contributed by atoms with Crippen LogP contribution >= 0.6 is 11.8 Å². The van der Waals surface area contributed by atoms with Gasteiger partial charge in [0.05, 0.1) is 12.1 Å². The predicted molar refractivity (Wildman–Crippen MR) is 82.1 cm³/mol. The molecule has 112 valence electrons. The number of amides is 1. The summed E-state index contributed by atoms with van der Waals surface area (Å²) in [6, 6.07) is 1.92. The number of thioether (sulfide) groups is 1. The minimum absolute atomic E-state index is 0.00777. The standard InChI is InChI=1S/C14H19N5OS/c1-11-8-12(2)18-14(17-11)21-9-13(20)16-4-3-6-19-7-5-15-10-19/h5,7-8,10H,3-4,6,9H2,1-2H3,(H,16,20). The van der Waals surface area contributed by atoms with Gasteiger partial charge in [-0.1, -0.05) is 11.8 Å². The molecule has 2 rings (SSSR count). The lowest BCUT2D eigenvalue weighted by atomic mass is 10.4. The highest BCUT2D eigenvalue weighted by Crippen LogP contribution is 2.13. The third kappa shape index (κ3) is 5.55. The number of nitrogens with one attached hydrogen (secondary N) is 1. The minimum atomic E-state index is 0.00777. The fraction of sp³-hybridized carbons (Fsp3) is 0.429. The molecule has 1 amide bonds. The van der Waals surface area contributed by atoms with Gasteiger partial charge >= 0.3 is 0 Å². The maximum absolute atomic E-state index is 11.7. The van der Waals surface area contributed by atoms with Crippen LogP contribution in [0.25, 0.3) is 0 Å². The van der Waals surface area contributed by atoms with Crippen molar-refractivity contribution in [2.75, 3.05) is 12.3 Å². The maximum Gasteiger partial charge on any atom is 0.230 e. The Morgan fingerprint density at radius 2 is 2.10 bits per heavy atom. The summed E-state index contributed by atoms with van der Waals surface area (Å²) in [5.41, 5.74) is 1.84. The van der Waals surface area contributed by atoms with E-state index in [1.54, 1.807) is 12.5 Å². The van der Waals surface area contributed by atoms with Crippen molar-refractivity contribution in [1.29, 1.82) is 0 Å². The van der Waals surface area contributed by atoms with Gasteiger partial charge < -0.3 is 9.88 Å². The molecule has 0 radical (unpaired) electrons. The predicted octanol–water partition coefficient (Wildman–Crippen LogP) is 1.59. The van der Waals surface area contributed by atoms with E-state index in [1.165, 1.54) is 11.8 Å². The van der Waals surface area contributed by atoms with E-state index >= 15 is 0 Å². The molecular weight excluding hydrogens is 286 g/mol. The van der Waals surface area contributed by atoms with Crippen molar-refractivity contribution in [2.24, 2.45) is 0 Å². The summed E-state index contributed by atoms with van der Waals surface area (Å²) in [7, 11) is 0. The summed E-state index contributed by atoms with van der Waals surface area (Å²) < 4.78 is 1.99. The van der Waals surface area contributed by atoms with E-state index < -0.39 is 0 Å². The van der Waals surface area contributed by atoms with Gasteiger partial charge in [-0.2, -0.15) is 0 Å². The molecule has 0 fully saturated rings. The second kappa shape index (κ2) is 7.78. The number of carbonyl (C=O) groups excluding carboxylic acids is 1. The van der Waals surface area contributed by atoms with Gasteiger partial charge in [0.25, 0.3) is 0 Å². The second-order valence-electron chi connectivity index (χ2n) is 4.73. The average Bonchev–Trinajstić information content (AvgIpc) is 2.93. The molecule has 6 nitrogen and oxygen atoms in total. The Bertz CT molecular complexity index is 565. The van der Waals surface area contributed by atoms with Crippen LogP contribution in [0.4, 0.5) is 0 Å². The number of nitrogens with zero attached hydrogens (tertiary/aromatic N) is 4. The zero-order valence-corrected chi connectivity index (χ0v) is 13.1. The lowest BCUT2D eigenvalue weighted by Crippen LogP contribution is -2.26. The van der Waals surface area contributed by atoms with Crippen LogP contribution in [-0.4, -0.2) is 37.7 Å². The van der Waals surface area contributed by atoms with Gasteiger partial charge in [-0.05, 0) is 26.3 Å². The molecule has 0 saturated carbocycles. The Balaban J connectivity index is 1.65. The zero-order chi connectivity index (χ0) is 15.1. The Kier molecular flexibility index (Phi) is 5.74. The lowest BCUT2D eigenvalue weighted by molar-refractivity contribution is -0.118. The third-order valence-electron chi connectivity index (χ3n) is 2.77. The maximum atomic E-state index is 11.7. The van der Waals surface area contributed by atoms with Crippen LogP contribution in [0.2, 0.25) is 0 Å². The van der Waals surface area contributed by atoms with Crippen LogP contribution in [0, 0.1) is 13.8 Å². The van der Waals surface area contributed by atoms with E-state index in [0.717, 1.165) is 24.4 Å². The van der Waals surface area contributed by atoms with Crippen molar-refractivity contribution in [3.05, 3.63) is 36.2 Å². The van der Waals surface area contributed by atoms with E-state index in [2.05, 4.69) is 20.3 Å². The first-order chi connectivity index (χ1) is 10.1. The van der Waals surface area contributed by atoms with Gasteiger partial charge in [-0.15, -0.1) is 0 Å². The largest absolute Gasteiger partial charge is 0.355 e. The first-order valence-electron chi connectivity index (χ1n) is 6.81. The Hall–Kier alpha value is -1.89. The molecule has 0 spiro atoms. The van der Waals surface area contributed by atoms with Crippen LogP contribution < -0.4 is 5.32 Å². The Morgan fingerprint density at radius 3 is 2.76 bits per heavy atom. The van der Waals surface area contributed by atoms with Crippen LogP contribution in [0.15, 0.2) is 29.9 Å². The molecule has 0 aliphatic rings. The van der Waals surface area contributed by atoms with E-state index in [-0.39, 0.29) is 5.91 Å². The highest BCUT2D eigenvalue weighted by molar-refractivity contribution is 7.99. The molecule has 0 aliphatic heterocycles. The zero-order valence-electron chi connectivity index (χ0n) is 12.2. The van der Waals surface area contributed by atoms with E-state index in [4.69, 9.17) is 0 Å². The molecule has 0 atom stereocenters. The van der Waals surface area contributed by atoms with Gasteiger partial charge in [0.2, 0.25) is 5.91 Å². The van der Waals surface area contributed by atoms with E-state index in [1.807, 2.05) is 30.7 Å². The van der Waals surface area contributed by atoms with Crippen molar-refractivity contribution in [3.63, 3.8) is 0 Å². The molecule has 0 aliphatic carbocycles. The quantitative estimate of drug-likeness (QED) is 0.478. The minimum Gasteiger partial charge on any atom is -0.355 e. The molecule has 0 bridgehead atoms. The summed E-state index contributed by atoms with van der Waals surface area (Å²) >= 11 is 1.36. The normalized spacial score (nSPS) is 10.6.